The van der Waals surface area contributed by atoms with Crippen molar-refractivity contribution in [2.75, 3.05) is 12.4 Å². The topological polar surface area (TPSA) is 65.1 Å². The van der Waals surface area contributed by atoms with Crippen LogP contribution in [0.4, 0.5) is 5.69 Å². The minimum absolute atomic E-state index is 0.383. The van der Waals surface area contributed by atoms with Crippen LogP contribution in [-0.4, -0.2) is 21.9 Å². The second kappa shape index (κ2) is 5.97. The zero-order valence-corrected chi connectivity index (χ0v) is 12.2. The average Bonchev–Trinajstić information content (AvgIpc) is 3.10. The van der Waals surface area contributed by atoms with Crippen molar-refractivity contribution < 1.29 is 9.15 Å². The standard InChI is InChI=1S/C15H18N4O2/c1-3-19-9-11(8-17-19)7-16-12-4-5-14-13(6-12)18-15(21-14)10-20-2/h4-6,8-9,16H,3,7,10H2,1-2H3. The molecule has 110 valence electrons. The summed E-state index contributed by atoms with van der Waals surface area (Å²) in [7, 11) is 1.62. The number of hydrogen-bond donors (Lipinski definition) is 1. The van der Waals surface area contributed by atoms with Gasteiger partial charge in [-0.3, -0.25) is 4.68 Å². The molecule has 0 bridgehead atoms. The number of hydrogen-bond acceptors (Lipinski definition) is 5. The molecule has 1 N–H and O–H groups in total. The molecule has 2 aromatic heterocycles. The molecule has 3 rings (SSSR count). The number of ether oxygens (including phenoxy) is 1. The first kappa shape index (κ1) is 13.6. The molecule has 0 unspecified atom stereocenters. The Morgan fingerprint density at radius 1 is 1.38 bits per heavy atom. The molecule has 0 saturated carbocycles. The Balaban J connectivity index is 1.71. The van der Waals surface area contributed by atoms with Gasteiger partial charge < -0.3 is 14.5 Å². The molecule has 0 aliphatic heterocycles. The fourth-order valence-corrected chi connectivity index (χ4v) is 2.15. The number of benzene rings is 1. The third kappa shape index (κ3) is 3.05. The Morgan fingerprint density at radius 2 is 2.29 bits per heavy atom. The van der Waals surface area contributed by atoms with Crippen LogP contribution in [0.2, 0.25) is 0 Å². The highest BCUT2D eigenvalue weighted by molar-refractivity contribution is 5.77. The maximum atomic E-state index is 5.57. The summed E-state index contributed by atoms with van der Waals surface area (Å²) >= 11 is 0. The fraction of sp³-hybridized carbons (Fsp3) is 0.333. The van der Waals surface area contributed by atoms with Gasteiger partial charge in [-0.2, -0.15) is 5.10 Å². The molecular formula is C15H18N4O2. The van der Waals surface area contributed by atoms with Gasteiger partial charge in [-0.15, -0.1) is 0 Å². The number of nitrogens with zero attached hydrogens (tertiary/aromatic N) is 3. The number of methoxy groups -OCH3 is 1. The van der Waals surface area contributed by atoms with Crippen molar-refractivity contribution in [3.8, 4) is 0 Å². The third-order valence-corrected chi connectivity index (χ3v) is 3.21. The Bertz CT molecular complexity index is 732. The van der Waals surface area contributed by atoms with Gasteiger partial charge in [0.1, 0.15) is 12.1 Å². The lowest BCUT2D eigenvalue weighted by Gasteiger charge is -2.03. The van der Waals surface area contributed by atoms with Crippen LogP contribution in [0.5, 0.6) is 0 Å². The molecule has 3 aromatic rings. The molecule has 0 amide bonds. The van der Waals surface area contributed by atoms with Gasteiger partial charge in [0.15, 0.2) is 5.58 Å². The number of nitrogens with one attached hydrogen (secondary N) is 1. The van der Waals surface area contributed by atoms with Crippen molar-refractivity contribution in [3.63, 3.8) is 0 Å². The molecule has 2 heterocycles. The number of aromatic nitrogens is 3. The third-order valence-electron chi connectivity index (χ3n) is 3.21. The smallest absolute Gasteiger partial charge is 0.221 e. The SMILES string of the molecule is CCn1cc(CNc2ccc3oc(COC)nc3c2)cn1. The second-order valence-electron chi connectivity index (χ2n) is 4.78. The first-order valence-corrected chi connectivity index (χ1v) is 6.92. The molecule has 0 fully saturated rings. The van der Waals surface area contributed by atoms with Crippen LogP contribution < -0.4 is 5.32 Å². The molecule has 0 atom stereocenters. The van der Waals surface area contributed by atoms with Crippen LogP contribution >= 0.6 is 0 Å². The van der Waals surface area contributed by atoms with E-state index in [-0.39, 0.29) is 0 Å². The predicted molar refractivity (Wildman–Crippen MR) is 79.9 cm³/mol. The molecule has 6 heteroatoms. The van der Waals surface area contributed by atoms with Crippen molar-refractivity contribution in [2.24, 2.45) is 0 Å². The van der Waals surface area contributed by atoms with Crippen LogP contribution in [0.1, 0.15) is 18.4 Å². The van der Waals surface area contributed by atoms with Gasteiger partial charge in [0.25, 0.3) is 0 Å². The van der Waals surface area contributed by atoms with E-state index < -0.39 is 0 Å². The van der Waals surface area contributed by atoms with Gasteiger partial charge in [0.05, 0.1) is 6.20 Å². The molecular weight excluding hydrogens is 268 g/mol. The number of oxazole rings is 1. The van der Waals surface area contributed by atoms with Crippen molar-refractivity contribution in [1.29, 1.82) is 0 Å². The number of fused-ring (bicyclic) bond motifs is 1. The highest BCUT2D eigenvalue weighted by atomic mass is 16.5. The van der Waals surface area contributed by atoms with Crippen molar-refractivity contribution in [3.05, 3.63) is 42.0 Å². The van der Waals surface area contributed by atoms with Gasteiger partial charge in [0.2, 0.25) is 5.89 Å². The van der Waals surface area contributed by atoms with Crippen LogP contribution in [0.3, 0.4) is 0 Å². The summed E-state index contributed by atoms with van der Waals surface area (Å²) in [5.41, 5.74) is 3.75. The van der Waals surface area contributed by atoms with Crippen LogP contribution in [0.25, 0.3) is 11.1 Å². The summed E-state index contributed by atoms with van der Waals surface area (Å²) in [6.07, 6.45) is 3.92. The van der Waals surface area contributed by atoms with Crippen molar-refractivity contribution >= 4 is 16.8 Å². The Morgan fingerprint density at radius 3 is 3.05 bits per heavy atom. The maximum absolute atomic E-state index is 5.57. The molecule has 1 aromatic carbocycles. The minimum Gasteiger partial charge on any atom is -0.438 e. The Labute approximate surface area is 122 Å². The van der Waals surface area contributed by atoms with E-state index in [0.717, 1.165) is 35.4 Å². The summed E-state index contributed by atoms with van der Waals surface area (Å²) in [5.74, 6) is 0.592. The van der Waals surface area contributed by atoms with Crippen LogP contribution in [0, 0.1) is 0 Å². The summed E-state index contributed by atoms with van der Waals surface area (Å²) in [6.45, 7) is 4.06. The molecule has 0 radical (unpaired) electrons. The number of rotatable bonds is 6. The fourth-order valence-electron chi connectivity index (χ4n) is 2.15. The normalized spacial score (nSPS) is 11.1. The van der Waals surface area contributed by atoms with E-state index in [1.807, 2.05) is 35.3 Å². The van der Waals surface area contributed by atoms with E-state index in [4.69, 9.17) is 9.15 Å². The number of anilines is 1. The summed E-state index contributed by atoms with van der Waals surface area (Å²) in [6, 6.07) is 5.87. The van der Waals surface area contributed by atoms with Gasteiger partial charge >= 0.3 is 0 Å². The van der Waals surface area contributed by atoms with E-state index >= 15 is 0 Å². The minimum atomic E-state index is 0.383. The molecule has 6 nitrogen and oxygen atoms in total. The van der Waals surface area contributed by atoms with E-state index in [2.05, 4.69) is 22.3 Å². The Hall–Kier alpha value is -2.34. The highest BCUT2D eigenvalue weighted by Crippen LogP contribution is 2.20. The lowest BCUT2D eigenvalue weighted by Crippen LogP contribution is -1.98. The second-order valence-corrected chi connectivity index (χ2v) is 4.78. The molecule has 0 saturated heterocycles. The average molecular weight is 286 g/mol. The van der Waals surface area contributed by atoms with Gasteiger partial charge in [0, 0.05) is 37.6 Å². The van der Waals surface area contributed by atoms with Gasteiger partial charge in [-0.1, -0.05) is 0 Å². The summed E-state index contributed by atoms with van der Waals surface area (Å²) in [4.78, 5) is 4.39. The lowest BCUT2D eigenvalue weighted by molar-refractivity contribution is 0.161. The zero-order valence-electron chi connectivity index (χ0n) is 12.2. The first-order chi connectivity index (χ1) is 10.3. The van der Waals surface area contributed by atoms with E-state index in [1.54, 1.807) is 7.11 Å². The lowest BCUT2D eigenvalue weighted by atomic mass is 10.2. The highest BCUT2D eigenvalue weighted by Gasteiger charge is 2.06. The van der Waals surface area contributed by atoms with E-state index in [9.17, 15) is 0 Å². The Kier molecular flexibility index (Phi) is 3.87. The van der Waals surface area contributed by atoms with E-state index in [1.165, 1.54) is 0 Å². The molecule has 0 spiro atoms. The van der Waals surface area contributed by atoms with Gasteiger partial charge in [-0.25, -0.2) is 4.98 Å². The monoisotopic (exact) mass is 286 g/mol. The number of aryl methyl sites for hydroxylation is 1. The van der Waals surface area contributed by atoms with E-state index in [0.29, 0.717) is 12.5 Å². The van der Waals surface area contributed by atoms with Crippen molar-refractivity contribution in [2.45, 2.75) is 26.6 Å². The maximum Gasteiger partial charge on any atom is 0.221 e. The first-order valence-electron chi connectivity index (χ1n) is 6.92. The van der Waals surface area contributed by atoms with Gasteiger partial charge in [-0.05, 0) is 25.1 Å². The van der Waals surface area contributed by atoms with Crippen molar-refractivity contribution in [1.82, 2.24) is 14.8 Å². The molecule has 0 aliphatic carbocycles. The quantitative estimate of drug-likeness (QED) is 0.755. The predicted octanol–water partition coefficient (Wildman–Crippen LogP) is 2.80. The molecule has 0 aliphatic rings. The van der Waals surface area contributed by atoms with Crippen LogP contribution in [-0.2, 0) is 24.4 Å². The largest absolute Gasteiger partial charge is 0.438 e. The van der Waals surface area contributed by atoms with Crippen LogP contribution in [0.15, 0.2) is 35.0 Å². The molecule has 21 heavy (non-hydrogen) atoms. The zero-order chi connectivity index (χ0) is 14.7. The summed E-state index contributed by atoms with van der Waals surface area (Å²) < 4.78 is 12.5. The summed E-state index contributed by atoms with van der Waals surface area (Å²) in [5, 5.41) is 7.62.